The SMILES string of the molecule is COC(=O)[C@@H]1[C@@H](c2ccc(Br)cc2C)C1(C)C. The van der Waals surface area contributed by atoms with E-state index in [1.165, 1.54) is 18.2 Å². The minimum Gasteiger partial charge on any atom is -0.469 e. The smallest absolute Gasteiger partial charge is 0.309 e. The van der Waals surface area contributed by atoms with Gasteiger partial charge in [-0.3, -0.25) is 4.79 Å². The number of methoxy groups -OCH3 is 1. The lowest BCUT2D eigenvalue weighted by Gasteiger charge is -2.07. The quantitative estimate of drug-likeness (QED) is 0.779. The maximum absolute atomic E-state index is 11.7. The van der Waals surface area contributed by atoms with Gasteiger partial charge >= 0.3 is 5.97 Å². The van der Waals surface area contributed by atoms with E-state index in [0.717, 1.165) is 4.47 Å². The van der Waals surface area contributed by atoms with Gasteiger partial charge < -0.3 is 4.74 Å². The van der Waals surface area contributed by atoms with Crippen molar-refractivity contribution >= 4 is 21.9 Å². The van der Waals surface area contributed by atoms with Crippen LogP contribution in [0.25, 0.3) is 0 Å². The molecule has 0 aromatic heterocycles. The number of benzene rings is 1. The third-order valence-corrected chi connectivity index (χ3v) is 4.34. The fourth-order valence-electron chi connectivity index (χ4n) is 2.77. The number of ether oxygens (including phenoxy) is 1. The highest BCUT2D eigenvalue weighted by molar-refractivity contribution is 9.10. The summed E-state index contributed by atoms with van der Waals surface area (Å²) >= 11 is 3.46. The summed E-state index contributed by atoms with van der Waals surface area (Å²) in [6, 6.07) is 6.23. The lowest BCUT2D eigenvalue weighted by atomic mass is 9.99. The number of carbonyl (C=O) groups is 1. The molecule has 2 atom stereocenters. The van der Waals surface area contributed by atoms with Crippen LogP contribution in [-0.2, 0) is 9.53 Å². The Labute approximate surface area is 110 Å². The first kappa shape index (κ1) is 12.6. The Morgan fingerprint density at radius 1 is 1.41 bits per heavy atom. The molecule has 2 nitrogen and oxygen atoms in total. The predicted molar refractivity (Wildman–Crippen MR) is 70.9 cm³/mol. The first-order chi connectivity index (χ1) is 7.89. The topological polar surface area (TPSA) is 26.3 Å². The van der Waals surface area contributed by atoms with Gasteiger partial charge in [0.2, 0.25) is 0 Å². The number of hydrogen-bond acceptors (Lipinski definition) is 2. The van der Waals surface area contributed by atoms with Gasteiger partial charge in [-0.1, -0.05) is 35.8 Å². The van der Waals surface area contributed by atoms with Crippen LogP contribution in [0.15, 0.2) is 22.7 Å². The molecule has 3 heteroatoms. The fourth-order valence-corrected chi connectivity index (χ4v) is 3.25. The Bertz CT molecular complexity index is 465. The summed E-state index contributed by atoms with van der Waals surface area (Å²) in [7, 11) is 1.46. The average Bonchev–Trinajstić information content (AvgIpc) is 2.80. The van der Waals surface area contributed by atoms with Crippen LogP contribution >= 0.6 is 15.9 Å². The summed E-state index contributed by atoms with van der Waals surface area (Å²) in [5.74, 6) is 0.178. The molecule has 1 fully saturated rings. The maximum Gasteiger partial charge on any atom is 0.309 e. The summed E-state index contributed by atoms with van der Waals surface area (Å²) in [6.45, 7) is 6.34. The molecule has 1 saturated carbocycles. The second-order valence-corrected chi connectivity index (χ2v) is 6.22. The van der Waals surface area contributed by atoms with Crippen molar-refractivity contribution in [3.63, 3.8) is 0 Å². The van der Waals surface area contributed by atoms with Gasteiger partial charge in [0.1, 0.15) is 0 Å². The van der Waals surface area contributed by atoms with Gasteiger partial charge in [-0.05, 0) is 35.6 Å². The van der Waals surface area contributed by atoms with E-state index in [1.807, 2.05) is 6.07 Å². The van der Waals surface area contributed by atoms with E-state index in [0.29, 0.717) is 0 Å². The van der Waals surface area contributed by atoms with Crippen LogP contribution in [-0.4, -0.2) is 13.1 Å². The monoisotopic (exact) mass is 296 g/mol. The molecule has 0 heterocycles. The van der Waals surface area contributed by atoms with Crippen LogP contribution in [0.4, 0.5) is 0 Å². The number of rotatable bonds is 2. The summed E-state index contributed by atoms with van der Waals surface area (Å²) in [6.07, 6.45) is 0. The third-order valence-electron chi connectivity index (χ3n) is 3.85. The van der Waals surface area contributed by atoms with Crippen LogP contribution in [0.5, 0.6) is 0 Å². The van der Waals surface area contributed by atoms with Gasteiger partial charge in [0.15, 0.2) is 0 Å². The van der Waals surface area contributed by atoms with Crippen molar-refractivity contribution in [1.82, 2.24) is 0 Å². The zero-order valence-corrected chi connectivity index (χ0v) is 12.2. The third kappa shape index (κ3) is 2.01. The number of hydrogen-bond donors (Lipinski definition) is 0. The van der Waals surface area contributed by atoms with Gasteiger partial charge in [-0.2, -0.15) is 0 Å². The zero-order valence-electron chi connectivity index (χ0n) is 10.6. The molecule has 0 saturated heterocycles. The van der Waals surface area contributed by atoms with Crippen LogP contribution in [0.2, 0.25) is 0 Å². The average molecular weight is 297 g/mol. The second kappa shape index (κ2) is 4.13. The Morgan fingerprint density at radius 2 is 2.06 bits per heavy atom. The van der Waals surface area contributed by atoms with Crippen molar-refractivity contribution in [2.75, 3.05) is 7.11 Å². The second-order valence-electron chi connectivity index (χ2n) is 5.30. The molecule has 0 bridgehead atoms. The summed E-state index contributed by atoms with van der Waals surface area (Å²) in [5.41, 5.74) is 2.49. The highest BCUT2D eigenvalue weighted by Crippen LogP contribution is 2.65. The van der Waals surface area contributed by atoms with E-state index in [2.05, 4.69) is 48.8 Å². The molecular formula is C14H17BrO2. The summed E-state index contributed by atoms with van der Waals surface area (Å²) < 4.78 is 5.95. The summed E-state index contributed by atoms with van der Waals surface area (Å²) in [5, 5.41) is 0. The van der Waals surface area contributed by atoms with Crippen molar-refractivity contribution in [1.29, 1.82) is 0 Å². The molecule has 0 aliphatic heterocycles. The number of esters is 1. The molecule has 0 unspecified atom stereocenters. The molecule has 2 rings (SSSR count). The van der Waals surface area contributed by atoms with Crippen molar-refractivity contribution in [3.8, 4) is 0 Å². The summed E-state index contributed by atoms with van der Waals surface area (Å²) in [4.78, 5) is 11.7. The first-order valence-electron chi connectivity index (χ1n) is 5.73. The van der Waals surface area contributed by atoms with Gasteiger partial charge in [-0.15, -0.1) is 0 Å². The molecular weight excluding hydrogens is 280 g/mol. The van der Waals surface area contributed by atoms with Crippen molar-refractivity contribution in [2.45, 2.75) is 26.7 Å². The molecule has 0 amide bonds. The number of carbonyl (C=O) groups excluding carboxylic acids is 1. The molecule has 1 aliphatic rings. The minimum absolute atomic E-state index is 0.00564. The van der Waals surface area contributed by atoms with Crippen molar-refractivity contribution < 1.29 is 9.53 Å². The predicted octanol–water partition coefficient (Wildman–Crippen LogP) is 3.67. The molecule has 0 radical (unpaired) electrons. The van der Waals surface area contributed by atoms with E-state index in [9.17, 15) is 4.79 Å². The van der Waals surface area contributed by atoms with Gasteiger partial charge in [-0.25, -0.2) is 0 Å². The lowest BCUT2D eigenvalue weighted by molar-refractivity contribution is -0.143. The van der Waals surface area contributed by atoms with Gasteiger partial charge in [0.05, 0.1) is 13.0 Å². The minimum atomic E-state index is -0.0951. The van der Waals surface area contributed by atoms with Crippen LogP contribution in [0.3, 0.4) is 0 Å². The van der Waals surface area contributed by atoms with E-state index in [1.54, 1.807) is 0 Å². The molecule has 1 aromatic carbocycles. The van der Waals surface area contributed by atoms with Crippen LogP contribution in [0, 0.1) is 18.3 Å². The Morgan fingerprint density at radius 3 is 2.59 bits per heavy atom. The van der Waals surface area contributed by atoms with Gasteiger partial charge in [0, 0.05) is 10.4 Å². The number of aryl methyl sites for hydroxylation is 1. The van der Waals surface area contributed by atoms with Gasteiger partial charge in [0.25, 0.3) is 0 Å². The highest BCUT2D eigenvalue weighted by Gasteiger charge is 2.63. The fraction of sp³-hybridized carbons (Fsp3) is 0.500. The molecule has 1 aliphatic carbocycles. The first-order valence-corrected chi connectivity index (χ1v) is 6.52. The Kier molecular flexibility index (Phi) is 3.06. The molecule has 0 N–H and O–H groups in total. The van der Waals surface area contributed by atoms with E-state index < -0.39 is 0 Å². The van der Waals surface area contributed by atoms with Crippen LogP contribution in [0.1, 0.15) is 30.9 Å². The van der Waals surface area contributed by atoms with E-state index in [-0.39, 0.29) is 23.2 Å². The Hall–Kier alpha value is -0.830. The highest BCUT2D eigenvalue weighted by atomic mass is 79.9. The molecule has 92 valence electrons. The van der Waals surface area contributed by atoms with Crippen molar-refractivity contribution in [2.24, 2.45) is 11.3 Å². The largest absolute Gasteiger partial charge is 0.469 e. The molecule has 0 spiro atoms. The van der Waals surface area contributed by atoms with Crippen LogP contribution < -0.4 is 0 Å². The lowest BCUT2D eigenvalue weighted by Crippen LogP contribution is -2.07. The molecule has 17 heavy (non-hydrogen) atoms. The maximum atomic E-state index is 11.7. The van der Waals surface area contributed by atoms with E-state index >= 15 is 0 Å². The van der Waals surface area contributed by atoms with Crippen molar-refractivity contribution in [3.05, 3.63) is 33.8 Å². The standard InChI is InChI=1S/C14H17BrO2/c1-8-7-9(15)5-6-10(8)11-12(13(16)17-4)14(11,2)3/h5-7,11-12H,1-4H3/t11-,12+/m1/s1. The van der Waals surface area contributed by atoms with E-state index in [4.69, 9.17) is 4.74 Å². The Balaban J connectivity index is 2.33. The zero-order chi connectivity index (χ0) is 12.8. The molecule has 1 aromatic rings. The normalized spacial score (nSPS) is 25.5. The number of halogens is 1.